The van der Waals surface area contributed by atoms with Crippen LogP contribution in [0.25, 0.3) is 10.9 Å². The van der Waals surface area contributed by atoms with E-state index in [4.69, 9.17) is 0 Å². The van der Waals surface area contributed by atoms with E-state index < -0.39 is 0 Å². The highest BCUT2D eigenvalue weighted by molar-refractivity contribution is 7.15. The zero-order valence-electron chi connectivity index (χ0n) is 12.9. The van der Waals surface area contributed by atoms with Crippen LogP contribution in [0.15, 0.2) is 30.5 Å². The van der Waals surface area contributed by atoms with Crippen LogP contribution in [0, 0.1) is 5.82 Å². The molecule has 2 aromatic heterocycles. The second-order valence-electron chi connectivity index (χ2n) is 5.61. The lowest BCUT2D eigenvalue weighted by Crippen LogP contribution is -2.14. The van der Waals surface area contributed by atoms with Crippen molar-refractivity contribution in [1.29, 1.82) is 0 Å². The van der Waals surface area contributed by atoms with Crippen LogP contribution in [0.1, 0.15) is 31.2 Å². The van der Waals surface area contributed by atoms with Crippen molar-refractivity contribution < 1.29 is 9.18 Å². The summed E-state index contributed by atoms with van der Waals surface area (Å²) in [5, 5.41) is 13.1. The molecule has 0 bridgehead atoms. The smallest absolute Gasteiger partial charge is 0.227 e. The minimum atomic E-state index is -0.281. The van der Waals surface area contributed by atoms with Crippen LogP contribution in [0.5, 0.6) is 0 Å². The van der Waals surface area contributed by atoms with E-state index in [1.54, 1.807) is 6.07 Å². The first kappa shape index (κ1) is 15.6. The van der Waals surface area contributed by atoms with Crippen molar-refractivity contribution >= 4 is 33.3 Å². The van der Waals surface area contributed by atoms with Gasteiger partial charge in [0.2, 0.25) is 11.0 Å². The third-order valence-electron chi connectivity index (χ3n) is 3.50. The Morgan fingerprint density at radius 3 is 2.91 bits per heavy atom. The first-order chi connectivity index (χ1) is 11.0. The van der Waals surface area contributed by atoms with E-state index in [-0.39, 0.29) is 18.1 Å². The number of carbonyl (C=O) groups is 1. The van der Waals surface area contributed by atoms with Crippen LogP contribution in [0.4, 0.5) is 9.52 Å². The molecule has 0 unspecified atom stereocenters. The molecule has 3 aromatic rings. The zero-order valence-corrected chi connectivity index (χ0v) is 13.7. The molecule has 1 aromatic carbocycles. The molecule has 120 valence electrons. The Kier molecular flexibility index (Phi) is 4.38. The molecule has 0 spiro atoms. The second-order valence-corrected chi connectivity index (χ2v) is 6.62. The van der Waals surface area contributed by atoms with Gasteiger partial charge < -0.3 is 9.88 Å². The number of benzene rings is 1. The average Bonchev–Trinajstić information content (AvgIpc) is 3.12. The van der Waals surface area contributed by atoms with E-state index in [0.29, 0.717) is 17.6 Å². The molecule has 0 atom stereocenters. The third-order valence-corrected chi connectivity index (χ3v) is 4.64. The fraction of sp³-hybridized carbons (Fsp3) is 0.312. The molecule has 0 saturated carbocycles. The first-order valence-electron chi connectivity index (χ1n) is 7.40. The predicted octanol–water partition coefficient (Wildman–Crippen LogP) is 3.78. The van der Waals surface area contributed by atoms with Crippen LogP contribution in [0.2, 0.25) is 0 Å². The van der Waals surface area contributed by atoms with Crippen molar-refractivity contribution in [2.45, 2.75) is 32.7 Å². The highest BCUT2D eigenvalue weighted by Crippen LogP contribution is 2.22. The van der Waals surface area contributed by atoms with Gasteiger partial charge in [0.05, 0.1) is 5.52 Å². The van der Waals surface area contributed by atoms with E-state index >= 15 is 0 Å². The lowest BCUT2D eigenvalue weighted by molar-refractivity contribution is -0.116. The number of halogens is 1. The van der Waals surface area contributed by atoms with Gasteiger partial charge in [-0.2, -0.15) is 0 Å². The van der Waals surface area contributed by atoms with Crippen LogP contribution in [-0.2, 0) is 11.3 Å². The number of hydrogen-bond donors (Lipinski definition) is 1. The van der Waals surface area contributed by atoms with Crippen LogP contribution in [0.3, 0.4) is 0 Å². The van der Waals surface area contributed by atoms with Crippen molar-refractivity contribution in [2.24, 2.45) is 0 Å². The minimum absolute atomic E-state index is 0.130. The van der Waals surface area contributed by atoms with Gasteiger partial charge in [0.1, 0.15) is 10.8 Å². The Morgan fingerprint density at radius 2 is 2.17 bits per heavy atom. The molecule has 1 N–H and O–H groups in total. The summed E-state index contributed by atoms with van der Waals surface area (Å²) in [6.07, 6.45) is 2.15. The fourth-order valence-corrected chi connectivity index (χ4v) is 3.04. The first-order valence-corrected chi connectivity index (χ1v) is 8.22. The summed E-state index contributed by atoms with van der Waals surface area (Å²) in [5.74, 6) is -0.119. The van der Waals surface area contributed by atoms with Gasteiger partial charge >= 0.3 is 0 Å². The second kappa shape index (κ2) is 6.45. The summed E-state index contributed by atoms with van der Waals surface area (Å²) in [4.78, 5) is 12.0. The van der Waals surface area contributed by atoms with E-state index in [2.05, 4.69) is 15.5 Å². The van der Waals surface area contributed by atoms with Gasteiger partial charge in [-0.15, -0.1) is 10.2 Å². The van der Waals surface area contributed by atoms with E-state index in [1.165, 1.54) is 23.5 Å². The molecule has 7 heteroatoms. The topological polar surface area (TPSA) is 59.8 Å². The molecule has 23 heavy (non-hydrogen) atoms. The monoisotopic (exact) mass is 332 g/mol. The van der Waals surface area contributed by atoms with Crippen LogP contribution < -0.4 is 5.32 Å². The van der Waals surface area contributed by atoms with Crippen molar-refractivity contribution in [1.82, 2.24) is 14.8 Å². The molecular formula is C16H17FN4OS. The Hall–Kier alpha value is -2.28. The van der Waals surface area contributed by atoms with Gasteiger partial charge in [0.25, 0.3) is 0 Å². The zero-order chi connectivity index (χ0) is 16.4. The number of amides is 1. The largest absolute Gasteiger partial charge is 0.347 e. The van der Waals surface area contributed by atoms with Crippen molar-refractivity contribution in [3.63, 3.8) is 0 Å². The summed E-state index contributed by atoms with van der Waals surface area (Å²) >= 11 is 1.39. The quantitative estimate of drug-likeness (QED) is 0.773. The maximum atomic E-state index is 13.3. The predicted molar refractivity (Wildman–Crippen MR) is 89.1 cm³/mol. The Morgan fingerprint density at radius 1 is 1.35 bits per heavy atom. The number of aromatic nitrogens is 3. The number of fused-ring (bicyclic) bond motifs is 1. The minimum Gasteiger partial charge on any atom is -0.347 e. The molecule has 5 nitrogen and oxygen atoms in total. The van der Waals surface area contributed by atoms with Crippen LogP contribution >= 0.6 is 11.3 Å². The molecule has 2 heterocycles. The number of anilines is 1. The fourth-order valence-electron chi connectivity index (χ4n) is 2.27. The van der Waals surface area contributed by atoms with Gasteiger partial charge in [-0.3, -0.25) is 4.79 Å². The SMILES string of the molecule is CC(C)c1nnc(NC(=O)CCn2ccc3ccc(F)cc32)s1. The summed E-state index contributed by atoms with van der Waals surface area (Å²) in [6, 6.07) is 6.55. The maximum absolute atomic E-state index is 13.3. The number of rotatable bonds is 5. The molecule has 0 aliphatic rings. The number of hydrogen-bond acceptors (Lipinski definition) is 4. The summed E-state index contributed by atoms with van der Waals surface area (Å²) in [5.41, 5.74) is 0.788. The number of carbonyl (C=O) groups excluding carboxylic acids is 1. The number of nitrogens with one attached hydrogen (secondary N) is 1. The van der Waals surface area contributed by atoms with Crippen molar-refractivity contribution in [3.05, 3.63) is 41.3 Å². The molecule has 3 rings (SSSR count). The van der Waals surface area contributed by atoms with Crippen molar-refractivity contribution in [2.75, 3.05) is 5.32 Å². The molecule has 0 aliphatic carbocycles. The lowest BCUT2D eigenvalue weighted by Gasteiger charge is -2.05. The average molecular weight is 332 g/mol. The van der Waals surface area contributed by atoms with Gasteiger partial charge in [-0.05, 0) is 29.7 Å². The van der Waals surface area contributed by atoms with E-state index in [1.807, 2.05) is 30.7 Å². The van der Waals surface area contributed by atoms with E-state index in [0.717, 1.165) is 15.9 Å². The maximum Gasteiger partial charge on any atom is 0.227 e. The molecule has 0 fully saturated rings. The number of aryl methyl sites for hydroxylation is 1. The van der Waals surface area contributed by atoms with Gasteiger partial charge in [-0.1, -0.05) is 25.2 Å². The van der Waals surface area contributed by atoms with Gasteiger partial charge in [0, 0.05) is 25.1 Å². The standard InChI is InChI=1S/C16H17FN4OS/c1-10(2)15-19-20-16(23-15)18-14(22)6-8-21-7-5-11-3-4-12(17)9-13(11)21/h3-5,7,9-10H,6,8H2,1-2H3,(H,18,20,22). The van der Waals surface area contributed by atoms with Crippen molar-refractivity contribution in [3.8, 4) is 0 Å². The lowest BCUT2D eigenvalue weighted by atomic mass is 10.2. The summed E-state index contributed by atoms with van der Waals surface area (Å²) in [7, 11) is 0. The van der Waals surface area contributed by atoms with Gasteiger partial charge in [0.15, 0.2) is 0 Å². The Balaban J connectivity index is 1.62. The molecule has 0 saturated heterocycles. The Labute approximate surface area is 137 Å². The van der Waals surface area contributed by atoms with E-state index in [9.17, 15) is 9.18 Å². The molecule has 0 aliphatic heterocycles. The summed E-state index contributed by atoms with van der Waals surface area (Å²) in [6.45, 7) is 4.54. The van der Waals surface area contributed by atoms with Crippen LogP contribution in [-0.4, -0.2) is 20.7 Å². The van der Waals surface area contributed by atoms with Gasteiger partial charge in [-0.25, -0.2) is 4.39 Å². The molecule has 1 amide bonds. The Bertz CT molecular complexity index is 840. The molecular weight excluding hydrogens is 315 g/mol. The normalized spacial score (nSPS) is 11.3. The highest BCUT2D eigenvalue weighted by Gasteiger charge is 2.11. The molecule has 0 radical (unpaired) electrons. The third kappa shape index (κ3) is 3.56. The number of nitrogens with zero attached hydrogens (tertiary/aromatic N) is 3. The summed E-state index contributed by atoms with van der Waals surface area (Å²) < 4.78 is 15.2. The highest BCUT2D eigenvalue weighted by atomic mass is 32.1.